The Kier molecular flexibility index (Phi) is 2.61. The lowest BCUT2D eigenvalue weighted by molar-refractivity contribution is 0.229. The van der Waals surface area contributed by atoms with Gasteiger partial charge in [-0.05, 0) is 51.0 Å². The molecule has 3 unspecified atom stereocenters. The molecular formula is C12H24N2. The van der Waals surface area contributed by atoms with E-state index in [1.54, 1.807) is 0 Å². The third-order valence-electron chi connectivity index (χ3n) is 3.94. The van der Waals surface area contributed by atoms with Crippen molar-refractivity contribution in [3.8, 4) is 0 Å². The Hall–Kier alpha value is -0.0800. The molecule has 82 valence electrons. The number of rotatable bonds is 5. The van der Waals surface area contributed by atoms with Gasteiger partial charge in [0.1, 0.15) is 0 Å². The highest BCUT2D eigenvalue weighted by molar-refractivity contribution is 4.97. The maximum absolute atomic E-state index is 6.31. The van der Waals surface area contributed by atoms with Crippen LogP contribution in [0.5, 0.6) is 0 Å². The molecule has 2 fully saturated rings. The molecule has 0 saturated heterocycles. The second-order valence-corrected chi connectivity index (χ2v) is 5.95. The monoisotopic (exact) mass is 196 g/mol. The Balaban J connectivity index is 1.72. The molecule has 2 saturated carbocycles. The van der Waals surface area contributed by atoms with E-state index in [2.05, 4.69) is 25.8 Å². The van der Waals surface area contributed by atoms with Crippen LogP contribution < -0.4 is 5.73 Å². The smallest absolute Gasteiger partial charge is 0.0283 e. The van der Waals surface area contributed by atoms with E-state index in [0.29, 0.717) is 0 Å². The number of hydrogen-bond donors (Lipinski definition) is 1. The summed E-state index contributed by atoms with van der Waals surface area (Å²) in [5, 5.41) is 0. The highest BCUT2D eigenvalue weighted by Crippen LogP contribution is 2.40. The lowest BCUT2D eigenvalue weighted by atomic mass is 9.96. The van der Waals surface area contributed by atoms with Gasteiger partial charge in [0, 0.05) is 18.6 Å². The van der Waals surface area contributed by atoms with Crippen molar-refractivity contribution < 1.29 is 0 Å². The third kappa shape index (κ3) is 2.48. The average Bonchev–Trinajstić information content (AvgIpc) is 2.84. The molecule has 2 heteroatoms. The van der Waals surface area contributed by atoms with Crippen LogP contribution in [0.15, 0.2) is 0 Å². The van der Waals surface area contributed by atoms with Crippen LogP contribution in [0, 0.1) is 17.8 Å². The van der Waals surface area contributed by atoms with Crippen LogP contribution in [-0.2, 0) is 0 Å². The lowest BCUT2D eigenvalue weighted by Crippen LogP contribution is -2.49. The van der Waals surface area contributed by atoms with Crippen LogP contribution in [0.25, 0.3) is 0 Å². The molecule has 2 aliphatic carbocycles. The SMILES string of the molecule is CC1CC1CN(C)CC(C)(N)C1CC1. The molecule has 0 radical (unpaired) electrons. The summed E-state index contributed by atoms with van der Waals surface area (Å²) in [5.74, 6) is 2.71. The van der Waals surface area contributed by atoms with E-state index in [1.807, 2.05) is 0 Å². The Morgan fingerprint density at radius 2 is 2.00 bits per heavy atom. The van der Waals surface area contributed by atoms with Crippen LogP contribution in [0.1, 0.15) is 33.1 Å². The molecule has 2 nitrogen and oxygen atoms in total. The summed E-state index contributed by atoms with van der Waals surface area (Å²) in [4.78, 5) is 2.44. The minimum atomic E-state index is 0.0624. The van der Waals surface area contributed by atoms with Crippen molar-refractivity contribution in [3.63, 3.8) is 0 Å². The molecule has 0 aromatic rings. The molecule has 0 spiro atoms. The van der Waals surface area contributed by atoms with Crippen LogP contribution >= 0.6 is 0 Å². The molecule has 0 aliphatic heterocycles. The van der Waals surface area contributed by atoms with Gasteiger partial charge < -0.3 is 10.6 Å². The van der Waals surface area contributed by atoms with Gasteiger partial charge in [-0.25, -0.2) is 0 Å². The predicted molar refractivity (Wildman–Crippen MR) is 60.1 cm³/mol. The van der Waals surface area contributed by atoms with E-state index in [9.17, 15) is 0 Å². The van der Waals surface area contributed by atoms with Gasteiger partial charge in [-0.1, -0.05) is 6.92 Å². The maximum Gasteiger partial charge on any atom is 0.0283 e. The number of hydrogen-bond acceptors (Lipinski definition) is 2. The standard InChI is InChI=1S/C12H24N2/c1-9-6-10(9)7-14(3)8-12(2,13)11-4-5-11/h9-11H,4-8,13H2,1-3H3. The summed E-state index contributed by atoms with van der Waals surface area (Å²) < 4.78 is 0. The highest BCUT2D eigenvalue weighted by atomic mass is 15.1. The molecule has 2 aliphatic rings. The minimum Gasteiger partial charge on any atom is -0.324 e. The molecule has 14 heavy (non-hydrogen) atoms. The Morgan fingerprint density at radius 1 is 1.43 bits per heavy atom. The van der Waals surface area contributed by atoms with Crippen molar-refractivity contribution >= 4 is 0 Å². The highest BCUT2D eigenvalue weighted by Gasteiger charge is 2.40. The first-order valence-corrected chi connectivity index (χ1v) is 5.96. The fraction of sp³-hybridized carbons (Fsp3) is 1.00. The van der Waals surface area contributed by atoms with Crippen LogP contribution in [-0.4, -0.2) is 30.6 Å². The van der Waals surface area contributed by atoms with Gasteiger partial charge in [0.05, 0.1) is 0 Å². The molecule has 0 bridgehead atoms. The van der Waals surface area contributed by atoms with Gasteiger partial charge >= 0.3 is 0 Å². The molecule has 0 heterocycles. The van der Waals surface area contributed by atoms with E-state index in [4.69, 9.17) is 5.73 Å². The zero-order chi connectivity index (χ0) is 10.3. The lowest BCUT2D eigenvalue weighted by Gasteiger charge is -2.30. The van der Waals surface area contributed by atoms with Gasteiger partial charge in [-0.15, -0.1) is 0 Å². The van der Waals surface area contributed by atoms with Crippen LogP contribution in [0.2, 0.25) is 0 Å². The summed E-state index contributed by atoms with van der Waals surface area (Å²) in [6.07, 6.45) is 4.12. The van der Waals surface area contributed by atoms with Crippen molar-refractivity contribution in [2.45, 2.75) is 38.6 Å². The Labute approximate surface area is 87.8 Å². The summed E-state index contributed by atoms with van der Waals surface area (Å²) in [7, 11) is 2.22. The van der Waals surface area contributed by atoms with Crippen molar-refractivity contribution in [2.24, 2.45) is 23.5 Å². The summed E-state index contributed by atoms with van der Waals surface area (Å²) in [6, 6.07) is 0. The van der Waals surface area contributed by atoms with Crippen molar-refractivity contribution in [3.05, 3.63) is 0 Å². The van der Waals surface area contributed by atoms with E-state index >= 15 is 0 Å². The van der Waals surface area contributed by atoms with Crippen molar-refractivity contribution in [1.29, 1.82) is 0 Å². The van der Waals surface area contributed by atoms with Gasteiger partial charge in [0.25, 0.3) is 0 Å². The Bertz CT molecular complexity index is 208. The second-order valence-electron chi connectivity index (χ2n) is 5.95. The van der Waals surface area contributed by atoms with Gasteiger partial charge in [-0.3, -0.25) is 0 Å². The first-order valence-electron chi connectivity index (χ1n) is 5.96. The van der Waals surface area contributed by atoms with Gasteiger partial charge in [0.15, 0.2) is 0 Å². The van der Waals surface area contributed by atoms with E-state index < -0.39 is 0 Å². The first kappa shape index (κ1) is 10.4. The van der Waals surface area contributed by atoms with Crippen LogP contribution in [0.3, 0.4) is 0 Å². The van der Waals surface area contributed by atoms with E-state index in [1.165, 1.54) is 25.8 Å². The quantitative estimate of drug-likeness (QED) is 0.725. The Morgan fingerprint density at radius 3 is 2.43 bits per heavy atom. The van der Waals surface area contributed by atoms with Gasteiger partial charge in [-0.2, -0.15) is 0 Å². The molecule has 2 N–H and O–H groups in total. The summed E-state index contributed by atoms with van der Waals surface area (Å²) in [5.41, 5.74) is 6.37. The molecule has 2 rings (SSSR count). The van der Waals surface area contributed by atoms with E-state index in [-0.39, 0.29) is 5.54 Å². The van der Waals surface area contributed by atoms with Crippen molar-refractivity contribution in [2.75, 3.05) is 20.1 Å². The fourth-order valence-corrected chi connectivity index (χ4v) is 2.57. The molecule has 0 aromatic carbocycles. The normalized spacial score (nSPS) is 35.8. The zero-order valence-electron chi connectivity index (χ0n) is 9.79. The third-order valence-corrected chi connectivity index (χ3v) is 3.94. The second kappa shape index (κ2) is 3.49. The number of nitrogens with zero attached hydrogens (tertiary/aromatic N) is 1. The molecule has 3 atom stereocenters. The molecule has 0 aromatic heterocycles. The van der Waals surface area contributed by atoms with Crippen molar-refractivity contribution in [1.82, 2.24) is 4.90 Å². The first-order chi connectivity index (χ1) is 6.49. The topological polar surface area (TPSA) is 29.3 Å². The predicted octanol–water partition coefficient (Wildman–Crippen LogP) is 1.70. The summed E-state index contributed by atoms with van der Waals surface area (Å²) >= 11 is 0. The fourth-order valence-electron chi connectivity index (χ4n) is 2.57. The average molecular weight is 196 g/mol. The molecule has 0 amide bonds. The number of likely N-dealkylation sites (N-methyl/N-ethyl adjacent to an activating group) is 1. The van der Waals surface area contributed by atoms with E-state index in [0.717, 1.165) is 24.3 Å². The largest absolute Gasteiger partial charge is 0.324 e. The minimum absolute atomic E-state index is 0.0624. The van der Waals surface area contributed by atoms with Crippen LogP contribution in [0.4, 0.5) is 0 Å². The molecular weight excluding hydrogens is 172 g/mol. The zero-order valence-corrected chi connectivity index (χ0v) is 9.79. The maximum atomic E-state index is 6.31. The summed E-state index contributed by atoms with van der Waals surface area (Å²) in [6.45, 7) is 6.89. The van der Waals surface area contributed by atoms with Gasteiger partial charge in [0.2, 0.25) is 0 Å². The number of nitrogens with two attached hydrogens (primary N) is 1.